The Balaban J connectivity index is 0.00000144. The average Bonchev–Trinajstić information content (AvgIpc) is 3.17. The third-order valence-electron chi connectivity index (χ3n) is 7.30. The largest absolute Gasteiger partial charge is 1.00 e. The van der Waals surface area contributed by atoms with Crippen molar-refractivity contribution in [1.29, 1.82) is 0 Å². The third kappa shape index (κ3) is 4.12. The molecule has 0 fully saturated rings. The first-order chi connectivity index (χ1) is 14.5. The summed E-state index contributed by atoms with van der Waals surface area (Å²) in [6.07, 6.45) is 14.2. The Bertz CT molecular complexity index is 1160. The molecule has 0 saturated heterocycles. The van der Waals surface area contributed by atoms with E-state index >= 15 is 0 Å². The molecule has 2 aromatic carbocycles. The molecule has 0 nitrogen and oxygen atoms in total. The van der Waals surface area contributed by atoms with E-state index in [0.29, 0.717) is 17.0 Å². The molecule has 3 aliphatic rings. The molecule has 0 N–H and O–H groups in total. The van der Waals surface area contributed by atoms with E-state index in [4.69, 9.17) is 0 Å². The second kappa shape index (κ2) is 9.81. The van der Waals surface area contributed by atoms with Crippen LogP contribution in [0.2, 0.25) is 18.6 Å². The molecule has 0 spiro atoms. The smallest absolute Gasteiger partial charge is 1.00 e. The number of fused-ring (bicyclic) bond motifs is 1. The van der Waals surface area contributed by atoms with Gasteiger partial charge < -0.3 is 2.85 Å². The van der Waals surface area contributed by atoms with Gasteiger partial charge >= 0.3 is 37.7 Å². The Kier molecular flexibility index (Phi) is 7.72. The molecule has 154 valence electrons. The molecule has 0 aliphatic heterocycles. The standard InChI is InChI=1S/C29H30Si.2Li.2H/c1-20-18-23-14-8-9-16-25(23)28(20)30(3,4)29-21(2)19-27-24(15-10-11-17-26(27)29)22-12-6-5-7-13-22;;;;/h5-19,24,28-29H,1-4H3;;;;/q;2*+1;2*-1. The number of allylic oxidation sites excluding steroid dienone is 9. The summed E-state index contributed by atoms with van der Waals surface area (Å²) in [4.78, 5) is 0. The summed E-state index contributed by atoms with van der Waals surface area (Å²) in [6.45, 7) is 9.94. The van der Waals surface area contributed by atoms with Crippen LogP contribution in [0.15, 0.2) is 107 Å². The van der Waals surface area contributed by atoms with Crippen molar-refractivity contribution in [3.8, 4) is 0 Å². The van der Waals surface area contributed by atoms with E-state index in [0.717, 1.165) is 0 Å². The van der Waals surface area contributed by atoms with Gasteiger partial charge in [-0.2, -0.15) is 0 Å². The molecule has 0 bridgehead atoms. The number of rotatable bonds is 3. The molecule has 3 heteroatoms. The molecule has 32 heavy (non-hydrogen) atoms. The molecular formula is C29H32Li2Si. The van der Waals surface area contributed by atoms with Crippen molar-refractivity contribution < 1.29 is 40.6 Å². The molecule has 3 aliphatic carbocycles. The van der Waals surface area contributed by atoms with Gasteiger partial charge in [0.05, 0.1) is 8.07 Å². The molecule has 3 atom stereocenters. The van der Waals surface area contributed by atoms with Crippen LogP contribution >= 0.6 is 0 Å². The number of hydrogen-bond donors (Lipinski definition) is 0. The van der Waals surface area contributed by atoms with E-state index < -0.39 is 8.07 Å². The van der Waals surface area contributed by atoms with Crippen molar-refractivity contribution in [1.82, 2.24) is 0 Å². The van der Waals surface area contributed by atoms with Crippen LogP contribution in [0.4, 0.5) is 0 Å². The van der Waals surface area contributed by atoms with Crippen LogP contribution in [0, 0.1) is 0 Å². The minimum absolute atomic E-state index is 0. The van der Waals surface area contributed by atoms with Gasteiger partial charge in [-0.1, -0.05) is 115 Å². The van der Waals surface area contributed by atoms with Crippen LogP contribution in [-0.2, 0) is 0 Å². The SMILES string of the molecule is CC1=CC2=C(C=CC=CC2c2ccccc2)C1[Si](C)(C)C1C(C)=Cc2ccccc21.[H-].[H-].[Li+].[Li+]. The van der Waals surface area contributed by atoms with Gasteiger partial charge in [-0.3, -0.25) is 0 Å². The van der Waals surface area contributed by atoms with Crippen LogP contribution in [-0.4, -0.2) is 8.07 Å². The third-order valence-corrected chi connectivity index (χ3v) is 11.8. The first-order valence-corrected chi connectivity index (χ1v) is 14.2. The fraction of sp³-hybridized carbons (Fsp3) is 0.241. The molecule has 2 aromatic rings. The Morgan fingerprint density at radius 2 is 1.38 bits per heavy atom. The van der Waals surface area contributed by atoms with Crippen molar-refractivity contribution >= 4 is 14.1 Å². The van der Waals surface area contributed by atoms with Crippen LogP contribution in [0.5, 0.6) is 0 Å². The van der Waals surface area contributed by atoms with Crippen LogP contribution in [0.1, 0.15) is 44.9 Å². The van der Waals surface area contributed by atoms with Crippen LogP contribution in [0.25, 0.3) is 6.08 Å². The second-order valence-corrected chi connectivity index (χ2v) is 14.4. The molecule has 0 heterocycles. The monoisotopic (exact) mass is 422 g/mol. The topological polar surface area (TPSA) is 0 Å². The first kappa shape index (κ1) is 25.2. The van der Waals surface area contributed by atoms with Crippen LogP contribution < -0.4 is 37.7 Å². The molecule has 0 radical (unpaired) electrons. The van der Waals surface area contributed by atoms with Crippen molar-refractivity contribution in [3.05, 3.63) is 124 Å². The summed E-state index contributed by atoms with van der Waals surface area (Å²) in [5, 5.41) is 0. The van der Waals surface area contributed by atoms with Gasteiger partial charge in [0.2, 0.25) is 0 Å². The van der Waals surface area contributed by atoms with Crippen molar-refractivity contribution in [2.75, 3.05) is 0 Å². The van der Waals surface area contributed by atoms with Crippen molar-refractivity contribution in [2.45, 2.75) is 43.9 Å². The molecule has 0 saturated carbocycles. The fourth-order valence-corrected chi connectivity index (χ4v) is 11.3. The maximum atomic E-state index is 2.61. The maximum Gasteiger partial charge on any atom is 1.00 e. The van der Waals surface area contributed by atoms with E-state index in [9.17, 15) is 0 Å². The summed E-state index contributed by atoms with van der Waals surface area (Å²) in [6, 6.07) is 20.0. The molecule has 0 amide bonds. The molecule has 3 unspecified atom stereocenters. The Morgan fingerprint density at radius 3 is 2.12 bits per heavy atom. The van der Waals surface area contributed by atoms with Gasteiger partial charge in [0.1, 0.15) is 0 Å². The van der Waals surface area contributed by atoms with Crippen molar-refractivity contribution in [3.63, 3.8) is 0 Å². The second-order valence-electron chi connectivity index (χ2n) is 9.64. The van der Waals surface area contributed by atoms with Gasteiger partial charge in [0, 0.05) is 17.0 Å². The average molecular weight is 423 g/mol. The molecule has 0 aromatic heterocycles. The summed E-state index contributed by atoms with van der Waals surface area (Å²) >= 11 is 0. The Labute approximate surface area is 221 Å². The van der Waals surface area contributed by atoms with E-state index in [-0.39, 0.29) is 40.6 Å². The minimum atomic E-state index is -1.75. The summed E-state index contributed by atoms with van der Waals surface area (Å²) in [5.74, 6) is 0.341. The van der Waals surface area contributed by atoms with Crippen LogP contribution in [0.3, 0.4) is 0 Å². The molecule has 5 rings (SSSR count). The first-order valence-electron chi connectivity index (χ1n) is 11.1. The van der Waals surface area contributed by atoms with Gasteiger partial charge in [-0.25, -0.2) is 0 Å². The van der Waals surface area contributed by atoms with Gasteiger partial charge in [0.15, 0.2) is 0 Å². The summed E-state index contributed by atoms with van der Waals surface area (Å²) < 4.78 is 0. The predicted octanol–water partition coefficient (Wildman–Crippen LogP) is 2.20. The Hall–Kier alpha value is -1.45. The van der Waals surface area contributed by atoms with E-state index in [1.165, 1.54) is 16.7 Å². The minimum Gasteiger partial charge on any atom is -1.00 e. The zero-order chi connectivity index (χ0) is 20.9. The van der Waals surface area contributed by atoms with Gasteiger partial charge in [0.25, 0.3) is 0 Å². The van der Waals surface area contributed by atoms with Gasteiger partial charge in [-0.15, -0.1) is 0 Å². The predicted molar refractivity (Wildman–Crippen MR) is 135 cm³/mol. The summed E-state index contributed by atoms with van der Waals surface area (Å²) in [7, 11) is -1.75. The van der Waals surface area contributed by atoms with Crippen molar-refractivity contribution in [2.24, 2.45) is 0 Å². The van der Waals surface area contributed by atoms with E-state index in [1.807, 2.05) is 0 Å². The summed E-state index contributed by atoms with van der Waals surface area (Å²) in [5.41, 5.74) is 11.6. The zero-order valence-corrected chi connectivity index (χ0v) is 21.4. The quantitative estimate of drug-likeness (QED) is 0.666. The van der Waals surface area contributed by atoms with E-state index in [2.05, 4.69) is 118 Å². The fourth-order valence-electron chi connectivity index (χ4n) is 6.30. The maximum absolute atomic E-state index is 2.61. The van der Waals surface area contributed by atoms with E-state index in [1.54, 1.807) is 22.3 Å². The number of benzene rings is 2. The normalized spacial score (nSPS) is 23.4. The zero-order valence-electron chi connectivity index (χ0n) is 22.4. The number of hydrogen-bond acceptors (Lipinski definition) is 0. The molecular weight excluding hydrogens is 390 g/mol. The van der Waals surface area contributed by atoms with Gasteiger partial charge in [-0.05, 0) is 41.7 Å². The Morgan fingerprint density at radius 1 is 0.719 bits per heavy atom.